The number of carbonyl (C=O) groups excluding carboxylic acids is 1. The van der Waals surface area contributed by atoms with E-state index in [-0.39, 0.29) is 5.97 Å². The van der Waals surface area contributed by atoms with Gasteiger partial charge in [-0.05, 0) is 37.3 Å². The molecular formula is C22H17ClO2S. The van der Waals surface area contributed by atoms with Crippen LogP contribution in [0.1, 0.15) is 27.0 Å². The Kier molecular flexibility index (Phi) is 4.51. The van der Waals surface area contributed by atoms with E-state index in [1.54, 1.807) is 11.8 Å². The van der Waals surface area contributed by atoms with E-state index in [1.807, 2.05) is 48.5 Å². The van der Waals surface area contributed by atoms with Gasteiger partial charge in [0, 0.05) is 26.8 Å². The van der Waals surface area contributed by atoms with Crippen molar-refractivity contribution in [2.75, 3.05) is 5.75 Å². The minimum atomic E-state index is -0.812. The highest BCUT2D eigenvalue weighted by Crippen LogP contribution is 2.45. The van der Waals surface area contributed by atoms with E-state index in [2.05, 4.69) is 31.2 Å². The van der Waals surface area contributed by atoms with Crippen LogP contribution in [0.5, 0.6) is 0 Å². The zero-order valence-electron chi connectivity index (χ0n) is 14.2. The van der Waals surface area contributed by atoms with Crippen molar-refractivity contribution >= 4 is 29.3 Å². The number of carbonyl (C=O) groups is 1. The second-order valence-electron chi connectivity index (χ2n) is 6.37. The van der Waals surface area contributed by atoms with Crippen molar-refractivity contribution in [3.63, 3.8) is 0 Å². The molecule has 3 aromatic carbocycles. The maximum atomic E-state index is 12.5. The lowest BCUT2D eigenvalue weighted by molar-refractivity contribution is 0.0197. The maximum Gasteiger partial charge on any atom is 0.339 e. The van der Waals surface area contributed by atoms with E-state index < -0.39 is 5.60 Å². The molecule has 0 fully saturated rings. The first-order valence-electron chi connectivity index (χ1n) is 8.37. The van der Waals surface area contributed by atoms with E-state index in [0.29, 0.717) is 16.3 Å². The van der Waals surface area contributed by atoms with Gasteiger partial charge in [-0.3, -0.25) is 0 Å². The van der Waals surface area contributed by atoms with E-state index in [4.69, 9.17) is 16.3 Å². The minimum absolute atomic E-state index is 0.278. The molecular weight excluding hydrogens is 364 g/mol. The van der Waals surface area contributed by atoms with Crippen molar-refractivity contribution < 1.29 is 9.53 Å². The smallest absolute Gasteiger partial charge is 0.339 e. The number of ether oxygens (including phenoxy) is 1. The minimum Gasteiger partial charge on any atom is -0.445 e. The van der Waals surface area contributed by atoms with Crippen molar-refractivity contribution in [3.05, 3.63) is 100 Å². The van der Waals surface area contributed by atoms with Gasteiger partial charge in [0.1, 0.15) is 0 Å². The first kappa shape index (κ1) is 17.2. The van der Waals surface area contributed by atoms with Gasteiger partial charge < -0.3 is 4.74 Å². The number of benzene rings is 3. The van der Waals surface area contributed by atoms with Crippen LogP contribution in [0.15, 0.2) is 77.7 Å². The van der Waals surface area contributed by atoms with E-state index in [1.165, 1.54) is 5.56 Å². The Bertz CT molecular complexity index is 951. The number of thioether (sulfide) groups is 1. The molecule has 0 amide bonds. The van der Waals surface area contributed by atoms with Gasteiger partial charge in [0.05, 0.1) is 5.56 Å². The fourth-order valence-electron chi connectivity index (χ4n) is 3.23. The summed E-state index contributed by atoms with van der Waals surface area (Å²) in [6, 6.07) is 23.5. The second kappa shape index (κ2) is 6.82. The van der Waals surface area contributed by atoms with E-state index in [0.717, 1.165) is 16.0 Å². The monoisotopic (exact) mass is 380 g/mol. The SMILES string of the molecule is Cc1ccc(SCC2(c3ccc(Cl)cc3)OC(=O)c3ccccc32)cc1. The number of cyclic esters (lactones) is 1. The van der Waals surface area contributed by atoms with Gasteiger partial charge in [-0.15, -0.1) is 11.8 Å². The number of halogens is 1. The van der Waals surface area contributed by atoms with Crippen molar-refractivity contribution in [1.82, 2.24) is 0 Å². The number of fused-ring (bicyclic) bond motifs is 1. The predicted octanol–water partition coefficient (Wildman–Crippen LogP) is 5.85. The predicted molar refractivity (Wildman–Crippen MR) is 106 cm³/mol. The average molecular weight is 381 g/mol. The van der Waals surface area contributed by atoms with Crippen LogP contribution in [0.25, 0.3) is 0 Å². The van der Waals surface area contributed by atoms with Crippen LogP contribution in [-0.2, 0) is 10.3 Å². The molecule has 0 N–H and O–H groups in total. The van der Waals surface area contributed by atoms with Gasteiger partial charge in [0.15, 0.2) is 5.60 Å². The summed E-state index contributed by atoms with van der Waals surface area (Å²) in [6.07, 6.45) is 0. The zero-order valence-corrected chi connectivity index (χ0v) is 15.8. The molecule has 0 saturated carbocycles. The first-order chi connectivity index (χ1) is 12.6. The largest absolute Gasteiger partial charge is 0.445 e. The lowest BCUT2D eigenvalue weighted by atomic mass is 9.87. The van der Waals surface area contributed by atoms with Crippen molar-refractivity contribution in [2.24, 2.45) is 0 Å². The van der Waals surface area contributed by atoms with Gasteiger partial charge in [-0.2, -0.15) is 0 Å². The molecule has 0 saturated heterocycles. The van der Waals surface area contributed by atoms with Gasteiger partial charge in [0.2, 0.25) is 0 Å². The molecule has 0 bridgehead atoms. The first-order valence-corrected chi connectivity index (χ1v) is 9.73. The lowest BCUT2D eigenvalue weighted by Gasteiger charge is -2.29. The fraction of sp³-hybridized carbons (Fsp3) is 0.136. The van der Waals surface area contributed by atoms with Crippen LogP contribution in [0.4, 0.5) is 0 Å². The summed E-state index contributed by atoms with van der Waals surface area (Å²) in [5, 5.41) is 0.660. The number of aryl methyl sites for hydroxylation is 1. The van der Waals surface area contributed by atoms with Crippen molar-refractivity contribution in [3.8, 4) is 0 Å². The molecule has 2 nitrogen and oxygen atoms in total. The maximum absolute atomic E-state index is 12.5. The third-order valence-electron chi connectivity index (χ3n) is 4.62. The Morgan fingerprint density at radius 3 is 2.38 bits per heavy atom. The number of rotatable bonds is 4. The van der Waals surface area contributed by atoms with Gasteiger partial charge >= 0.3 is 5.97 Å². The molecule has 0 radical (unpaired) electrons. The number of hydrogen-bond donors (Lipinski definition) is 0. The second-order valence-corrected chi connectivity index (χ2v) is 7.86. The third-order valence-corrected chi connectivity index (χ3v) is 6.03. The van der Waals surface area contributed by atoms with E-state index in [9.17, 15) is 4.79 Å². The van der Waals surface area contributed by atoms with Crippen molar-refractivity contribution in [1.29, 1.82) is 0 Å². The molecule has 0 spiro atoms. The quantitative estimate of drug-likeness (QED) is 0.419. The van der Waals surface area contributed by atoms with Gasteiger partial charge in [-0.1, -0.05) is 59.6 Å². The molecule has 26 heavy (non-hydrogen) atoms. The Morgan fingerprint density at radius 2 is 1.65 bits per heavy atom. The molecule has 1 heterocycles. The van der Waals surface area contributed by atoms with Crippen LogP contribution in [0, 0.1) is 6.92 Å². The van der Waals surface area contributed by atoms with Gasteiger partial charge in [0.25, 0.3) is 0 Å². The Hall–Kier alpha value is -2.23. The van der Waals surface area contributed by atoms with Crippen LogP contribution in [-0.4, -0.2) is 11.7 Å². The van der Waals surface area contributed by atoms with Crippen LogP contribution < -0.4 is 0 Å². The molecule has 0 aromatic heterocycles. The Morgan fingerprint density at radius 1 is 0.962 bits per heavy atom. The molecule has 1 aliphatic rings. The summed E-state index contributed by atoms with van der Waals surface area (Å²) in [5.74, 6) is 0.320. The molecule has 130 valence electrons. The summed E-state index contributed by atoms with van der Waals surface area (Å²) < 4.78 is 5.99. The average Bonchev–Trinajstić information content (AvgIpc) is 2.95. The summed E-state index contributed by atoms with van der Waals surface area (Å²) in [7, 11) is 0. The Balaban J connectivity index is 1.77. The van der Waals surface area contributed by atoms with Gasteiger partial charge in [-0.25, -0.2) is 4.79 Å². The topological polar surface area (TPSA) is 26.3 Å². The molecule has 4 rings (SSSR count). The number of hydrogen-bond acceptors (Lipinski definition) is 3. The fourth-order valence-corrected chi connectivity index (χ4v) is 4.43. The summed E-state index contributed by atoms with van der Waals surface area (Å²) in [4.78, 5) is 13.7. The molecule has 4 heteroatoms. The van der Waals surface area contributed by atoms with Crippen LogP contribution in [0.2, 0.25) is 5.02 Å². The standard InChI is InChI=1S/C22H17ClO2S/c1-15-6-12-18(13-7-15)26-14-22(16-8-10-17(23)11-9-16)20-5-3-2-4-19(20)21(24)25-22/h2-13H,14H2,1H3. The highest BCUT2D eigenvalue weighted by atomic mass is 35.5. The molecule has 1 aliphatic heterocycles. The molecule has 1 unspecified atom stereocenters. The number of esters is 1. The highest BCUT2D eigenvalue weighted by Gasteiger charge is 2.46. The lowest BCUT2D eigenvalue weighted by Crippen LogP contribution is -2.30. The Labute approximate surface area is 162 Å². The highest BCUT2D eigenvalue weighted by molar-refractivity contribution is 7.99. The van der Waals surface area contributed by atoms with Crippen LogP contribution >= 0.6 is 23.4 Å². The normalized spacial score (nSPS) is 18.5. The zero-order chi connectivity index (χ0) is 18.1. The summed E-state index contributed by atoms with van der Waals surface area (Å²) >= 11 is 7.75. The molecule has 1 atom stereocenters. The summed E-state index contributed by atoms with van der Waals surface area (Å²) in [5.41, 5.74) is 2.88. The van der Waals surface area contributed by atoms with Crippen molar-refractivity contribution in [2.45, 2.75) is 17.4 Å². The van der Waals surface area contributed by atoms with E-state index >= 15 is 0 Å². The molecule has 3 aromatic rings. The van der Waals surface area contributed by atoms with Crippen LogP contribution in [0.3, 0.4) is 0 Å². The summed E-state index contributed by atoms with van der Waals surface area (Å²) in [6.45, 7) is 2.07. The third kappa shape index (κ3) is 3.02. The molecule has 0 aliphatic carbocycles.